The quantitative estimate of drug-likeness (QED) is 0.769. The van der Waals surface area contributed by atoms with Crippen molar-refractivity contribution in [2.24, 2.45) is 0 Å². The summed E-state index contributed by atoms with van der Waals surface area (Å²) in [7, 11) is 5.75. The number of hydrogen-bond acceptors (Lipinski definition) is 4. The second-order valence-electron chi connectivity index (χ2n) is 4.21. The van der Waals surface area contributed by atoms with Crippen molar-refractivity contribution in [1.29, 1.82) is 0 Å². The summed E-state index contributed by atoms with van der Waals surface area (Å²) in [4.78, 5) is 18.0. The summed E-state index contributed by atoms with van der Waals surface area (Å²) in [5, 5.41) is 6.08. The molecule has 1 heterocycles. The molecule has 2 N–H and O–H groups in total. The molecule has 1 amide bonds. The Morgan fingerprint density at radius 1 is 1.50 bits per heavy atom. The molecule has 6 heteroatoms. The van der Waals surface area contributed by atoms with Gasteiger partial charge in [0.05, 0.1) is 10.6 Å². The van der Waals surface area contributed by atoms with Crippen molar-refractivity contribution in [2.45, 2.75) is 6.42 Å². The third-order valence-electron chi connectivity index (χ3n) is 2.42. The van der Waals surface area contributed by atoms with E-state index in [1.807, 2.05) is 14.1 Å². The van der Waals surface area contributed by atoms with Crippen molar-refractivity contribution < 1.29 is 4.79 Å². The number of anilines is 1. The van der Waals surface area contributed by atoms with Gasteiger partial charge in [-0.2, -0.15) is 0 Å². The van der Waals surface area contributed by atoms with Crippen LogP contribution in [0.15, 0.2) is 12.3 Å². The van der Waals surface area contributed by atoms with Gasteiger partial charge in [-0.1, -0.05) is 11.6 Å². The van der Waals surface area contributed by atoms with Crippen LogP contribution in [0.2, 0.25) is 5.02 Å². The highest BCUT2D eigenvalue weighted by Gasteiger charge is 2.11. The molecule has 0 fully saturated rings. The average molecular weight is 271 g/mol. The zero-order chi connectivity index (χ0) is 13.5. The van der Waals surface area contributed by atoms with Crippen molar-refractivity contribution >= 4 is 23.3 Å². The summed E-state index contributed by atoms with van der Waals surface area (Å²) in [5.74, 6) is 0.454. The molecule has 0 aliphatic rings. The summed E-state index contributed by atoms with van der Waals surface area (Å²) in [5.41, 5.74) is 0.445. The lowest BCUT2D eigenvalue weighted by Crippen LogP contribution is -2.27. The lowest BCUT2D eigenvalue weighted by atomic mass is 10.2. The molecular formula is C12H19ClN4O. The fourth-order valence-corrected chi connectivity index (χ4v) is 1.63. The lowest BCUT2D eigenvalue weighted by molar-refractivity contribution is 0.0952. The minimum Gasteiger partial charge on any atom is -0.373 e. The summed E-state index contributed by atoms with van der Waals surface area (Å²) in [6, 6.07) is 1.64. The van der Waals surface area contributed by atoms with Crippen LogP contribution < -0.4 is 10.6 Å². The highest BCUT2D eigenvalue weighted by Crippen LogP contribution is 2.17. The van der Waals surface area contributed by atoms with E-state index in [-0.39, 0.29) is 5.91 Å². The Labute approximate surface area is 113 Å². The van der Waals surface area contributed by atoms with Gasteiger partial charge in [-0.3, -0.25) is 4.79 Å². The normalized spacial score (nSPS) is 10.5. The molecule has 1 aromatic rings. The number of halogens is 1. The molecular weight excluding hydrogens is 252 g/mol. The maximum Gasteiger partial charge on any atom is 0.252 e. The molecule has 0 aliphatic heterocycles. The van der Waals surface area contributed by atoms with E-state index < -0.39 is 0 Å². The van der Waals surface area contributed by atoms with Crippen LogP contribution in [0.1, 0.15) is 16.8 Å². The zero-order valence-corrected chi connectivity index (χ0v) is 11.7. The fraction of sp³-hybridized carbons (Fsp3) is 0.500. The van der Waals surface area contributed by atoms with E-state index in [0.717, 1.165) is 13.0 Å². The maximum absolute atomic E-state index is 11.9. The molecule has 0 saturated heterocycles. The maximum atomic E-state index is 11.9. The SMILES string of the molecule is CNc1cc(C(=O)NCCCN(C)C)c(Cl)cn1. The Bertz CT molecular complexity index is 409. The van der Waals surface area contributed by atoms with E-state index in [1.165, 1.54) is 6.20 Å². The number of nitrogens with zero attached hydrogens (tertiary/aromatic N) is 2. The molecule has 0 atom stereocenters. The van der Waals surface area contributed by atoms with Crippen molar-refractivity contribution in [3.63, 3.8) is 0 Å². The predicted octanol–water partition coefficient (Wildman–Crippen LogP) is 1.46. The summed E-state index contributed by atoms with van der Waals surface area (Å²) >= 11 is 5.95. The van der Waals surface area contributed by atoms with Crippen LogP contribution in [0, 0.1) is 0 Å². The monoisotopic (exact) mass is 270 g/mol. The highest BCUT2D eigenvalue weighted by atomic mass is 35.5. The first-order valence-corrected chi connectivity index (χ1v) is 6.18. The Balaban J connectivity index is 2.55. The molecule has 0 bridgehead atoms. The minimum absolute atomic E-state index is 0.169. The van der Waals surface area contributed by atoms with Crippen molar-refractivity contribution in [3.8, 4) is 0 Å². The van der Waals surface area contributed by atoms with Gasteiger partial charge in [-0.15, -0.1) is 0 Å². The standard InChI is InChI=1S/C12H19ClN4O/c1-14-11-7-9(10(13)8-16-11)12(18)15-5-4-6-17(2)3/h7-8H,4-6H2,1-3H3,(H,14,16)(H,15,18). The third kappa shape index (κ3) is 4.50. The van der Waals surface area contributed by atoms with E-state index in [0.29, 0.717) is 22.9 Å². The van der Waals surface area contributed by atoms with Gasteiger partial charge in [-0.05, 0) is 33.1 Å². The molecule has 5 nitrogen and oxygen atoms in total. The van der Waals surface area contributed by atoms with Crippen LogP contribution in [0.25, 0.3) is 0 Å². The number of pyridine rings is 1. The van der Waals surface area contributed by atoms with E-state index >= 15 is 0 Å². The van der Waals surface area contributed by atoms with Gasteiger partial charge in [-0.25, -0.2) is 4.98 Å². The summed E-state index contributed by atoms with van der Waals surface area (Å²) < 4.78 is 0. The van der Waals surface area contributed by atoms with Gasteiger partial charge in [0, 0.05) is 19.8 Å². The van der Waals surface area contributed by atoms with E-state index in [4.69, 9.17) is 11.6 Å². The molecule has 0 radical (unpaired) electrons. The number of aromatic nitrogens is 1. The van der Waals surface area contributed by atoms with Crippen LogP contribution in [0.4, 0.5) is 5.82 Å². The van der Waals surface area contributed by atoms with Crippen molar-refractivity contribution in [2.75, 3.05) is 39.5 Å². The summed E-state index contributed by atoms with van der Waals surface area (Å²) in [6.45, 7) is 1.57. The van der Waals surface area contributed by atoms with Crippen LogP contribution >= 0.6 is 11.6 Å². The third-order valence-corrected chi connectivity index (χ3v) is 2.72. The van der Waals surface area contributed by atoms with Crippen LogP contribution in [-0.2, 0) is 0 Å². The number of amides is 1. The minimum atomic E-state index is -0.169. The molecule has 0 aliphatic carbocycles. The van der Waals surface area contributed by atoms with E-state index in [1.54, 1.807) is 13.1 Å². The molecule has 1 aromatic heterocycles. The predicted molar refractivity (Wildman–Crippen MR) is 74.3 cm³/mol. The van der Waals surface area contributed by atoms with Crippen LogP contribution in [0.3, 0.4) is 0 Å². The van der Waals surface area contributed by atoms with E-state index in [2.05, 4.69) is 20.5 Å². The smallest absolute Gasteiger partial charge is 0.252 e. The molecule has 0 saturated carbocycles. The van der Waals surface area contributed by atoms with Gasteiger partial charge in [0.2, 0.25) is 0 Å². The molecule has 0 unspecified atom stereocenters. The van der Waals surface area contributed by atoms with E-state index in [9.17, 15) is 4.79 Å². The number of nitrogens with one attached hydrogen (secondary N) is 2. The summed E-state index contributed by atoms with van der Waals surface area (Å²) in [6.07, 6.45) is 2.38. The Hall–Kier alpha value is -1.33. The largest absolute Gasteiger partial charge is 0.373 e. The lowest BCUT2D eigenvalue weighted by Gasteiger charge is -2.11. The first-order valence-electron chi connectivity index (χ1n) is 5.81. The Kier molecular flexibility index (Phi) is 5.88. The van der Waals surface area contributed by atoms with Gasteiger partial charge in [0.1, 0.15) is 5.82 Å². The van der Waals surface area contributed by atoms with Gasteiger partial charge >= 0.3 is 0 Å². The van der Waals surface area contributed by atoms with Crippen LogP contribution in [0.5, 0.6) is 0 Å². The molecule has 1 rings (SSSR count). The van der Waals surface area contributed by atoms with Gasteiger partial charge in [0.15, 0.2) is 0 Å². The highest BCUT2D eigenvalue weighted by molar-refractivity contribution is 6.33. The number of carbonyl (C=O) groups excluding carboxylic acids is 1. The number of hydrogen-bond donors (Lipinski definition) is 2. The zero-order valence-electron chi connectivity index (χ0n) is 11.0. The van der Waals surface area contributed by atoms with Crippen molar-refractivity contribution in [3.05, 3.63) is 22.8 Å². The first-order chi connectivity index (χ1) is 8.54. The van der Waals surface area contributed by atoms with Crippen molar-refractivity contribution in [1.82, 2.24) is 15.2 Å². The van der Waals surface area contributed by atoms with Crippen LogP contribution in [-0.4, -0.2) is 50.0 Å². The molecule has 0 spiro atoms. The second-order valence-corrected chi connectivity index (χ2v) is 4.62. The molecule has 0 aromatic carbocycles. The topological polar surface area (TPSA) is 57.3 Å². The van der Waals surface area contributed by atoms with Gasteiger partial charge in [0.25, 0.3) is 5.91 Å². The van der Waals surface area contributed by atoms with Gasteiger partial charge < -0.3 is 15.5 Å². The Morgan fingerprint density at radius 2 is 2.22 bits per heavy atom. The molecule has 100 valence electrons. The number of rotatable bonds is 6. The second kappa shape index (κ2) is 7.18. The number of carbonyl (C=O) groups is 1. The average Bonchev–Trinajstić information content (AvgIpc) is 2.34. The molecule has 18 heavy (non-hydrogen) atoms. The first kappa shape index (κ1) is 14.7. The fourth-order valence-electron chi connectivity index (χ4n) is 1.44. The Morgan fingerprint density at radius 3 is 2.83 bits per heavy atom.